The van der Waals surface area contributed by atoms with Gasteiger partial charge < -0.3 is 10.5 Å². The Labute approximate surface area is 102 Å². The molecule has 0 heterocycles. The maximum Gasteiger partial charge on any atom is 0.127 e. The van der Waals surface area contributed by atoms with E-state index >= 15 is 0 Å². The van der Waals surface area contributed by atoms with E-state index in [1.54, 1.807) is 6.07 Å². The molecule has 1 fully saturated rings. The van der Waals surface area contributed by atoms with Crippen LogP contribution in [0.2, 0.25) is 0 Å². The molecule has 0 spiro atoms. The Kier molecular flexibility index (Phi) is 4.00. The second-order valence-electron chi connectivity index (χ2n) is 4.85. The second kappa shape index (κ2) is 5.50. The number of nitrogens with two attached hydrogens (primary N) is 1. The lowest BCUT2D eigenvalue weighted by atomic mass is 9.97. The maximum absolute atomic E-state index is 13.2. The molecule has 2 N–H and O–H groups in total. The maximum atomic E-state index is 13.2. The highest BCUT2D eigenvalue weighted by Crippen LogP contribution is 2.29. The lowest BCUT2D eigenvalue weighted by Crippen LogP contribution is -2.21. The van der Waals surface area contributed by atoms with Gasteiger partial charge in [0.2, 0.25) is 0 Å². The van der Waals surface area contributed by atoms with Gasteiger partial charge in [0.05, 0.1) is 6.10 Å². The molecular formula is C14H20FNO. The number of rotatable bonds is 3. The molecule has 1 aliphatic carbocycles. The van der Waals surface area contributed by atoms with Crippen LogP contribution in [-0.2, 0) is 0 Å². The zero-order valence-electron chi connectivity index (χ0n) is 10.3. The second-order valence-corrected chi connectivity index (χ2v) is 4.85. The molecule has 1 aromatic rings. The Bertz CT molecular complexity index is 372. The molecule has 1 saturated carbocycles. The van der Waals surface area contributed by atoms with E-state index in [2.05, 4.69) is 0 Å². The summed E-state index contributed by atoms with van der Waals surface area (Å²) in [6, 6.07) is 4.48. The summed E-state index contributed by atoms with van der Waals surface area (Å²) in [6.45, 7) is 1.89. The summed E-state index contributed by atoms with van der Waals surface area (Å²) in [6.07, 6.45) is 6.04. The number of halogens is 1. The van der Waals surface area contributed by atoms with Crippen molar-refractivity contribution >= 4 is 0 Å². The van der Waals surface area contributed by atoms with E-state index in [1.165, 1.54) is 31.4 Å². The third kappa shape index (κ3) is 3.19. The minimum Gasteiger partial charge on any atom is -0.490 e. The molecule has 94 valence electrons. The SMILES string of the molecule is C[C@H](N)c1ccc(F)cc1OC1CCCCC1. The van der Waals surface area contributed by atoms with E-state index in [0.29, 0.717) is 5.75 Å². The van der Waals surface area contributed by atoms with Gasteiger partial charge in [0.25, 0.3) is 0 Å². The fourth-order valence-corrected chi connectivity index (χ4v) is 2.35. The zero-order valence-corrected chi connectivity index (χ0v) is 10.3. The molecule has 0 aliphatic heterocycles. The van der Waals surface area contributed by atoms with Crippen molar-refractivity contribution in [2.75, 3.05) is 0 Å². The highest BCUT2D eigenvalue weighted by Gasteiger charge is 2.17. The van der Waals surface area contributed by atoms with Gasteiger partial charge in [-0.1, -0.05) is 12.5 Å². The highest BCUT2D eigenvalue weighted by atomic mass is 19.1. The predicted octanol–water partition coefficient (Wildman–Crippen LogP) is 3.56. The molecule has 0 unspecified atom stereocenters. The summed E-state index contributed by atoms with van der Waals surface area (Å²) in [4.78, 5) is 0. The minimum absolute atomic E-state index is 0.130. The van der Waals surface area contributed by atoms with Crippen LogP contribution < -0.4 is 10.5 Å². The third-order valence-corrected chi connectivity index (χ3v) is 3.31. The van der Waals surface area contributed by atoms with Crippen molar-refractivity contribution in [3.63, 3.8) is 0 Å². The average Bonchev–Trinajstić information content (AvgIpc) is 2.30. The van der Waals surface area contributed by atoms with E-state index in [4.69, 9.17) is 10.5 Å². The monoisotopic (exact) mass is 237 g/mol. The first kappa shape index (κ1) is 12.4. The Hall–Kier alpha value is -1.09. The van der Waals surface area contributed by atoms with Crippen molar-refractivity contribution in [3.8, 4) is 5.75 Å². The first-order valence-electron chi connectivity index (χ1n) is 6.38. The molecule has 0 amide bonds. The first-order chi connectivity index (χ1) is 8.16. The normalized spacial score (nSPS) is 19.0. The molecule has 2 nitrogen and oxygen atoms in total. The quantitative estimate of drug-likeness (QED) is 0.872. The van der Waals surface area contributed by atoms with Gasteiger partial charge in [0.15, 0.2) is 0 Å². The van der Waals surface area contributed by atoms with E-state index in [0.717, 1.165) is 18.4 Å². The van der Waals surface area contributed by atoms with Crippen LogP contribution in [-0.4, -0.2) is 6.10 Å². The van der Waals surface area contributed by atoms with Crippen LogP contribution in [0, 0.1) is 5.82 Å². The summed E-state index contributed by atoms with van der Waals surface area (Å²) in [7, 11) is 0. The van der Waals surface area contributed by atoms with Crippen LogP contribution in [0.25, 0.3) is 0 Å². The first-order valence-corrected chi connectivity index (χ1v) is 6.38. The van der Waals surface area contributed by atoms with Crippen molar-refractivity contribution in [1.29, 1.82) is 0 Å². The van der Waals surface area contributed by atoms with Crippen LogP contribution >= 0.6 is 0 Å². The van der Waals surface area contributed by atoms with Gasteiger partial charge in [-0.2, -0.15) is 0 Å². The van der Waals surface area contributed by atoms with Crippen LogP contribution in [0.3, 0.4) is 0 Å². The van der Waals surface area contributed by atoms with Crippen molar-refractivity contribution in [2.45, 2.75) is 51.2 Å². The van der Waals surface area contributed by atoms with Crippen LogP contribution in [0.5, 0.6) is 5.75 Å². The Morgan fingerprint density at radius 3 is 2.65 bits per heavy atom. The molecule has 2 rings (SSSR count). The largest absolute Gasteiger partial charge is 0.490 e. The smallest absolute Gasteiger partial charge is 0.127 e. The molecule has 1 atom stereocenters. The fraction of sp³-hybridized carbons (Fsp3) is 0.571. The number of ether oxygens (including phenoxy) is 1. The van der Waals surface area contributed by atoms with Gasteiger partial charge in [-0.25, -0.2) is 4.39 Å². The van der Waals surface area contributed by atoms with Crippen LogP contribution in [0.4, 0.5) is 4.39 Å². The molecule has 17 heavy (non-hydrogen) atoms. The van der Waals surface area contributed by atoms with Gasteiger partial charge >= 0.3 is 0 Å². The molecule has 0 aromatic heterocycles. The van der Waals surface area contributed by atoms with Crippen molar-refractivity contribution in [2.24, 2.45) is 5.73 Å². The minimum atomic E-state index is -0.264. The molecule has 1 aromatic carbocycles. The Morgan fingerprint density at radius 2 is 2.00 bits per heavy atom. The summed E-state index contributed by atoms with van der Waals surface area (Å²) < 4.78 is 19.2. The summed E-state index contributed by atoms with van der Waals surface area (Å²) in [5.74, 6) is 0.354. The lowest BCUT2D eigenvalue weighted by molar-refractivity contribution is 0.152. The van der Waals surface area contributed by atoms with Crippen LogP contribution in [0.1, 0.15) is 50.6 Å². The topological polar surface area (TPSA) is 35.2 Å². The van der Waals surface area contributed by atoms with E-state index < -0.39 is 0 Å². The van der Waals surface area contributed by atoms with Gasteiger partial charge in [-0.15, -0.1) is 0 Å². The molecule has 0 radical (unpaired) electrons. The summed E-state index contributed by atoms with van der Waals surface area (Å²) in [5.41, 5.74) is 6.75. The number of hydrogen-bond acceptors (Lipinski definition) is 2. The van der Waals surface area contributed by atoms with E-state index in [-0.39, 0.29) is 18.0 Å². The molecule has 3 heteroatoms. The molecule has 1 aliphatic rings. The van der Waals surface area contributed by atoms with Gasteiger partial charge in [0.1, 0.15) is 11.6 Å². The average molecular weight is 237 g/mol. The predicted molar refractivity (Wildman–Crippen MR) is 66.5 cm³/mol. The van der Waals surface area contributed by atoms with Crippen molar-refractivity contribution in [3.05, 3.63) is 29.6 Å². The standard InChI is InChI=1S/C14H20FNO/c1-10(16)13-8-7-11(15)9-14(13)17-12-5-3-2-4-6-12/h7-10,12H,2-6,16H2,1H3/t10-/m0/s1. The van der Waals surface area contributed by atoms with Crippen molar-refractivity contribution in [1.82, 2.24) is 0 Å². The number of hydrogen-bond donors (Lipinski definition) is 1. The fourth-order valence-electron chi connectivity index (χ4n) is 2.35. The third-order valence-electron chi connectivity index (χ3n) is 3.31. The summed E-state index contributed by atoms with van der Waals surface area (Å²) >= 11 is 0. The summed E-state index contributed by atoms with van der Waals surface area (Å²) in [5, 5.41) is 0. The highest BCUT2D eigenvalue weighted by molar-refractivity contribution is 5.36. The molecule has 0 bridgehead atoms. The Balaban J connectivity index is 2.14. The van der Waals surface area contributed by atoms with Gasteiger partial charge in [0, 0.05) is 17.7 Å². The van der Waals surface area contributed by atoms with E-state index in [1.807, 2.05) is 6.92 Å². The van der Waals surface area contributed by atoms with Crippen LogP contribution in [0.15, 0.2) is 18.2 Å². The molecular weight excluding hydrogens is 217 g/mol. The lowest BCUT2D eigenvalue weighted by Gasteiger charge is -2.25. The van der Waals surface area contributed by atoms with E-state index in [9.17, 15) is 4.39 Å². The van der Waals surface area contributed by atoms with Gasteiger partial charge in [-0.05, 0) is 38.7 Å². The van der Waals surface area contributed by atoms with Gasteiger partial charge in [-0.3, -0.25) is 0 Å². The Morgan fingerprint density at radius 1 is 1.29 bits per heavy atom. The molecule has 0 saturated heterocycles. The zero-order chi connectivity index (χ0) is 12.3. The van der Waals surface area contributed by atoms with Crippen molar-refractivity contribution < 1.29 is 9.13 Å². The number of benzene rings is 1.